The number of rotatable bonds is 7. The minimum atomic E-state index is -0.805. The number of ether oxygens (including phenoxy) is 1. The van der Waals surface area contributed by atoms with Crippen LogP contribution in [0.25, 0.3) is 0 Å². The van der Waals surface area contributed by atoms with E-state index in [2.05, 4.69) is 16.3 Å². The number of hydrogen-bond donors (Lipinski definition) is 1. The third-order valence-corrected chi connectivity index (χ3v) is 3.82. The molecule has 0 aromatic rings. The summed E-state index contributed by atoms with van der Waals surface area (Å²) in [5, 5.41) is 12.3. The van der Waals surface area contributed by atoms with E-state index in [1.165, 1.54) is 0 Å². The van der Waals surface area contributed by atoms with Gasteiger partial charge >= 0.3 is 0 Å². The van der Waals surface area contributed by atoms with Crippen molar-refractivity contribution in [1.29, 1.82) is 5.26 Å². The second-order valence-electron chi connectivity index (χ2n) is 5.78. The van der Waals surface area contributed by atoms with E-state index in [1.807, 2.05) is 14.1 Å². The van der Waals surface area contributed by atoms with Crippen molar-refractivity contribution in [2.45, 2.75) is 38.5 Å². The Morgan fingerprint density at radius 1 is 1.25 bits per heavy atom. The van der Waals surface area contributed by atoms with Gasteiger partial charge in [-0.3, -0.25) is 4.79 Å². The van der Waals surface area contributed by atoms with Crippen LogP contribution >= 0.6 is 0 Å². The molecule has 114 valence electrons. The summed E-state index contributed by atoms with van der Waals surface area (Å²) in [6.45, 7) is 2.51. The van der Waals surface area contributed by atoms with Gasteiger partial charge in [-0.15, -0.1) is 0 Å². The highest BCUT2D eigenvalue weighted by Gasteiger charge is 2.38. The van der Waals surface area contributed by atoms with Gasteiger partial charge in [0.05, 0.1) is 19.3 Å². The zero-order chi connectivity index (χ0) is 14.8. The standard InChI is InChI=1S/C15H27N3O2/c1-18(2)10-12-20-11-9-17-14(19)15(13-16)7-5-3-4-6-8-15/h3-12H2,1-2H3,(H,17,19). The lowest BCUT2D eigenvalue weighted by Gasteiger charge is -2.23. The van der Waals surface area contributed by atoms with E-state index in [1.54, 1.807) is 0 Å². The van der Waals surface area contributed by atoms with E-state index >= 15 is 0 Å². The molecule has 1 N–H and O–H groups in total. The molecule has 1 saturated carbocycles. The summed E-state index contributed by atoms with van der Waals surface area (Å²) in [5.41, 5.74) is -0.805. The minimum absolute atomic E-state index is 0.113. The van der Waals surface area contributed by atoms with Crippen LogP contribution in [0.5, 0.6) is 0 Å². The number of amides is 1. The SMILES string of the molecule is CN(C)CCOCCNC(=O)C1(C#N)CCCCCC1. The summed E-state index contributed by atoms with van der Waals surface area (Å²) < 4.78 is 5.43. The number of nitrogens with zero attached hydrogens (tertiary/aromatic N) is 2. The Labute approximate surface area is 122 Å². The highest BCUT2D eigenvalue weighted by atomic mass is 16.5. The first-order valence-electron chi connectivity index (χ1n) is 7.53. The molecule has 0 aromatic heterocycles. The highest BCUT2D eigenvalue weighted by molar-refractivity contribution is 5.85. The van der Waals surface area contributed by atoms with E-state index in [-0.39, 0.29) is 5.91 Å². The van der Waals surface area contributed by atoms with Crippen LogP contribution in [0.1, 0.15) is 38.5 Å². The first-order valence-corrected chi connectivity index (χ1v) is 7.53. The Morgan fingerprint density at radius 3 is 2.45 bits per heavy atom. The van der Waals surface area contributed by atoms with Crippen molar-refractivity contribution in [2.24, 2.45) is 5.41 Å². The van der Waals surface area contributed by atoms with Crippen LogP contribution in [0.2, 0.25) is 0 Å². The van der Waals surface area contributed by atoms with Gasteiger partial charge in [0.1, 0.15) is 5.41 Å². The maximum Gasteiger partial charge on any atom is 0.240 e. The van der Waals surface area contributed by atoms with Crippen LogP contribution in [0.15, 0.2) is 0 Å². The highest BCUT2D eigenvalue weighted by Crippen LogP contribution is 2.34. The van der Waals surface area contributed by atoms with Crippen molar-refractivity contribution in [1.82, 2.24) is 10.2 Å². The van der Waals surface area contributed by atoms with Crippen LogP contribution in [0.4, 0.5) is 0 Å². The molecule has 0 bridgehead atoms. The zero-order valence-electron chi connectivity index (χ0n) is 12.8. The molecule has 0 radical (unpaired) electrons. The first-order chi connectivity index (χ1) is 9.60. The van der Waals surface area contributed by atoms with Gasteiger partial charge in [0.15, 0.2) is 0 Å². The van der Waals surface area contributed by atoms with E-state index < -0.39 is 5.41 Å². The van der Waals surface area contributed by atoms with Gasteiger partial charge in [-0.25, -0.2) is 0 Å². The summed E-state index contributed by atoms with van der Waals surface area (Å²) in [7, 11) is 3.99. The fraction of sp³-hybridized carbons (Fsp3) is 0.867. The smallest absolute Gasteiger partial charge is 0.240 e. The summed E-state index contributed by atoms with van der Waals surface area (Å²) in [6, 6.07) is 2.26. The molecule has 1 fully saturated rings. The fourth-order valence-corrected chi connectivity index (χ4v) is 2.48. The topological polar surface area (TPSA) is 65.4 Å². The van der Waals surface area contributed by atoms with Crippen LogP contribution < -0.4 is 5.32 Å². The van der Waals surface area contributed by atoms with Crippen molar-refractivity contribution >= 4 is 5.91 Å². The number of carbonyl (C=O) groups excluding carboxylic acids is 1. The largest absolute Gasteiger partial charge is 0.378 e. The number of hydrogen-bond acceptors (Lipinski definition) is 4. The average Bonchev–Trinajstić information content (AvgIpc) is 2.68. The Hall–Kier alpha value is -1.12. The van der Waals surface area contributed by atoms with E-state index in [0.717, 1.165) is 32.2 Å². The van der Waals surface area contributed by atoms with Crippen LogP contribution in [0.3, 0.4) is 0 Å². The molecule has 5 heteroatoms. The van der Waals surface area contributed by atoms with E-state index in [4.69, 9.17) is 4.74 Å². The number of nitriles is 1. The molecule has 1 aliphatic carbocycles. The van der Waals surface area contributed by atoms with E-state index in [0.29, 0.717) is 32.6 Å². The molecular weight excluding hydrogens is 254 g/mol. The molecule has 20 heavy (non-hydrogen) atoms. The predicted octanol–water partition coefficient (Wildman–Crippen LogP) is 1.54. The molecule has 0 aliphatic heterocycles. The van der Waals surface area contributed by atoms with Crippen LogP contribution in [0, 0.1) is 16.7 Å². The molecular formula is C15H27N3O2. The number of carbonyl (C=O) groups is 1. The van der Waals surface area contributed by atoms with Gasteiger partial charge in [0, 0.05) is 13.1 Å². The van der Waals surface area contributed by atoms with Gasteiger partial charge in [-0.1, -0.05) is 25.7 Å². The molecule has 0 saturated heterocycles. The van der Waals surface area contributed by atoms with Gasteiger partial charge in [-0.05, 0) is 26.9 Å². The lowest BCUT2D eigenvalue weighted by Crippen LogP contribution is -2.41. The quantitative estimate of drug-likeness (QED) is 0.568. The van der Waals surface area contributed by atoms with Crippen molar-refractivity contribution in [2.75, 3.05) is 40.4 Å². The number of nitrogens with one attached hydrogen (secondary N) is 1. The Bertz CT molecular complexity index is 329. The second-order valence-corrected chi connectivity index (χ2v) is 5.78. The third kappa shape index (κ3) is 5.48. The third-order valence-electron chi connectivity index (χ3n) is 3.82. The normalized spacial score (nSPS) is 18.3. The second kappa shape index (κ2) is 8.93. The summed E-state index contributed by atoms with van der Waals surface area (Å²) in [4.78, 5) is 14.3. The molecule has 0 spiro atoms. The monoisotopic (exact) mass is 281 g/mol. The zero-order valence-corrected chi connectivity index (χ0v) is 12.8. The van der Waals surface area contributed by atoms with Crippen molar-refractivity contribution < 1.29 is 9.53 Å². The molecule has 1 amide bonds. The van der Waals surface area contributed by atoms with Gasteiger partial charge in [-0.2, -0.15) is 5.26 Å². The van der Waals surface area contributed by atoms with Gasteiger partial charge < -0.3 is 15.0 Å². The van der Waals surface area contributed by atoms with Crippen molar-refractivity contribution in [3.63, 3.8) is 0 Å². The summed E-state index contributed by atoms with van der Waals surface area (Å²) in [6.07, 6.45) is 5.59. The maximum atomic E-state index is 12.2. The van der Waals surface area contributed by atoms with Crippen LogP contribution in [-0.4, -0.2) is 51.2 Å². The number of likely N-dealkylation sites (N-methyl/N-ethyl adjacent to an activating group) is 1. The molecule has 0 unspecified atom stereocenters. The van der Waals surface area contributed by atoms with Crippen molar-refractivity contribution in [3.8, 4) is 6.07 Å². The minimum Gasteiger partial charge on any atom is -0.378 e. The first kappa shape index (κ1) is 16.9. The Morgan fingerprint density at radius 2 is 1.90 bits per heavy atom. The van der Waals surface area contributed by atoms with Crippen molar-refractivity contribution in [3.05, 3.63) is 0 Å². The molecule has 0 aromatic carbocycles. The molecule has 0 atom stereocenters. The van der Waals surface area contributed by atoms with Gasteiger partial charge in [0.2, 0.25) is 5.91 Å². The summed E-state index contributed by atoms with van der Waals surface area (Å²) >= 11 is 0. The fourth-order valence-electron chi connectivity index (χ4n) is 2.48. The lowest BCUT2D eigenvalue weighted by molar-refractivity contribution is -0.129. The Balaban J connectivity index is 2.28. The maximum absolute atomic E-state index is 12.2. The van der Waals surface area contributed by atoms with Gasteiger partial charge in [0.25, 0.3) is 0 Å². The van der Waals surface area contributed by atoms with E-state index in [9.17, 15) is 10.1 Å². The lowest BCUT2D eigenvalue weighted by atomic mass is 9.81. The molecule has 5 nitrogen and oxygen atoms in total. The van der Waals surface area contributed by atoms with Crippen LogP contribution in [-0.2, 0) is 9.53 Å². The molecule has 1 rings (SSSR count). The summed E-state index contributed by atoms with van der Waals surface area (Å²) in [5.74, 6) is -0.113. The molecule has 1 aliphatic rings. The predicted molar refractivity (Wildman–Crippen MR) is 78.1 cm³/mol. The average molecular weight is 281 g/mol. The Kier molecular flexibility index (Phi) is 7.56. The molecule has 0 heterocycles.